The van der Waals surface area contributed by atoms with Gasteiger partial charge in [0.25, 0.3) is 0 Å². The molecule has 0 unspecified atom stereocenters. The lowest BCUT2D eigenvalue weighted by molar-refractivity contribution is -0.118. The largest absolute Gasteiger partial charge is 0.377 e. The van der Waals surface area contributed by atoms with E-state index in [1.165, 1.54) is 6.07 Å². The first-order chi connectivity index (χ1) is 9.97. The predicted octanol–water partition coefficient (Wildman–Crippen LogP) is 2.62. The number of amides is 1. The van der Waals surface area contributed by atoms with Crippen LogP contribution in [0.5, 0.6) is 0 Å². The van der Waals surface area contributed by atoms with Crippen LogP contribution in [0.3, 0.4) is 0 Å². The van der Waals surface area contributed by atoms with E-state index in [2.05, 4.69) is 10.6 Å². The summed E-state index contributed by atoms with van der Waals surface area (Å²) in [5, 5.41) is 5.83. The van der Waals surface area contributed by atoms with Crippen molar-refractivity contribution in [1.82, 2.24) is 5.32 Å². The van der Waals surface area contributed by atoms with Crippen LogP contribution < -0.4 is 10.6 Å². The second-order valence-electron chi connectivity index (χ2n) is 5.70. The van der Waals surface area contributed by atoms with Gasteiger partial charge in [-0.3, -0.25) is 4.79 Å². The van der Waals surface area contributed by atoms with Crippen molar-refractivity contribution < 1.29 is 13.9 Å². The third-order valence-electron chi connectivity index (χ3n) is 3.81. The summed E-state index contributed by atoms with van der Waals surface area (Å²) in [7, 11) is 0. The van der Waals surface area contributed by atoms with Crippen LogP contribution in [0.1, 0.15) is 32.3 Å². The van der Waals surface area contributed by atoms with Gasteiger partial charge in [0.1, 0.15) is 5.82 Å². The van der Waals surface area contributed by atoms with E-state index >= 15 is 0 Å². The molecule has 3 atom stereocenters. The van der Waals surface area contributed by atoms with Gasteiger partial charge in [-0.25, -0.2) is 4.39 Å². The van der Waals surface area contributed by atoms with Crippen molar-refractivity contribution in [3.63, 3.8) is 0 Å². The summed E-state index contributed by atoms with van der Waals surface area (Å²) in [5.74, 6) is -0.662. The number of ether oxygens (including phenoxy) is 1. The number of nitrogens with one attached hydrogen (secondary N) is 2. The minimum absolute atomic E-state index is 0.0936. The van der Waals surface area contributed by atoms with Gasteiger partial charge >= 0.3 is 0 Å². The molecule has 1 aliphatic rings. The second-order valence-corrected chi connectivity index (χ2v) is 5.70. The molecule has 21 heavy (non-hydrogen) atoms. The molecule has 1 amide bonds. The van der Waals surface area contributed by atoms with Gasteiger partial charge < -0.3 is 15.4 Å². The second kappa shape index (κ2) is 7.00. The molecule has 1 fully saturated rings. The van der Waals surface area contributed by atoms with Gasteiger partial charge in [0.15, 0.2) is 0 Å². The van der Waals surface area contributed by atoms with Crippen molar-refractivity contribution in [2.24, 2.45) is 0 Å². The topological polar surface area (TPSA) is 50.4 Å². The Labute approximate surface area is 125 Å². The highest BCUT2D eigenvalue weighted by atomic mass is 19.1. The Hall–Kier alpha value is -1.46. The molecule has 1 aromatic rings. The number of carbonyl (C=O) groups excluding carboxylic acids is 1. The monoisotopic (exact) mass is 294 g/mol. The molecule has 4 nitrogen and oxygen atoms in total. The Morgan fingerprint density at radius 3 is 2.81 bits per heavy atom. The fraction of sp³-hybridized carbons (Fsp3) is 0.562. The SMILES string of the molecule is Cc1ccc(NC(=O)[C@H](C)N[C@H](C)[C@@H]2CCCO2)c(F)c1. The Morgan fingerprint density at radius 1 is 1.43 bits per heavy atom. The summed E-state index contributed by atoms with van der Waals surface area (Å²) < 4.78 is 19.3. The quantitative estimate of drug-likeness (QED) is 0.877. The standard InChI is InChI=1S/C16H23FN2O2/c1-10-6-7-14(13(17)9-10)19-16(20)12(3)18-11(2)15-5-4-8-21-15/h6-7,9,11-12,15,18H,4-5,8H2,1-3H3,(H,19,20)/t11-,12+,15+/m1/s1. The Morgan fingerprint density at radius 2 is 2.19 bits per heavy atom. The summed E-state index contributed by atoms with van der Waals surface area (Å²) in [4.78, 5) is 12.1. The Bertz CT molecular complexity index is 501. The average molecular weight is 294 g/mol. The van der Waals surface area contributed by atoms with Gasteiger partial charge in [-0.1, -0.05) is 6.07 Å². The molecule has 1 aliphatic heterocycles. The van der Waals surface area contributed by atoms with Gasteiger partial charge in [-0.2, -0.15) is 0 Å². The van der Waals surface area contributed by atoms with E-state index < -0.39 is 11.9 Å². The smallest absolute Gasteiger partial charge is 0.241 e. The molecule has 1 saturated heterocycles. The number of carbonyl (C=O) groups is 1. The third kappa shape index (κ3) is 4.25. The summed E-state index contributed by atoms with van der Waals surface area (Å²) in [6.07, 6.45) is 2.22. The van der Waals surface area contributed by atoms with Gasteiger partial charge in [0, 0.05) is 12.6 Å². The number of hydrogen-bond acceptors (Lipinski definition) is 3. The highest BCUT2D eigenvalue weighted by molar-refractivity contribution is 5.94. The maximum Gasteiger partial charge on any atom is 0.241 e. The van der Waals surface area contributed by atoms with Crippen molar-refractivity contribution >= 4 is 11.6 Å². The normalized spacial score (nSPS) is 21.0. The molecule has 0 bridgehead atoms. The molecule has 0 aromatic heterocycles. The minimum Gasteiger partial charge on any atom is -0.377 e. The fourth-order valence-corrected chi connectivity index (χ4v) is 2.54. The van der Waals surface area contributed by atoms with E-state index in [4.69, 9.17) is 4.74 Å². The Kier molecular flexibility index (Phi) is 5.31. The van der Waals surface area contributed by atoms with E-state index in [1.54, 1.807) is 19.1 Å². The van der Waals surface area contributed by atoms with Crippen LogP contribution >= 0.6 is 0 Å². The first kappa shape index (κ1) is 15.9. The lowest BCUT2D eigenvalue weighted by Gasteiger charge is -2.24. The molecule has 2 N–H and O–H groups in total. The van der Waals surface area contributed by atoms with Crippen LogP contribution in [0, 0.1) is 12.7 Å². The molecule has 5 heteroatoms. The van der Waals surface area contributed by atoms with Crippen LogP contribution in [0.4, 0.5) is 10.1 Å². The predicted molar refractivity (Wildman–Crippen MR) is 80.8 cm³/mol. The highest BCUT2D eigenvalue weighted by Crippen LogP contribution is 2.17. The zero-order chi connectivity index (χ0) is 15.4. The molecule has 2 rings (SSSR count). The summed E-state index contributed by atoms with van der Waals surface area (Å²) >= 11 is 0. The van der Waals surface area contributed by atoms with Gasteiger partial charge in [0.2, 0.25) is 5.91 Å². The van der Waals surface area contributed by atoms with Gasteiger partial charge in [-0.15, -0.1) is 0 Å². The van der Waals surface area contributed by atoms with Crippen LogP contribution in [-0.2, 0) is 9.53 Å². The third-order valence-corrected chi connectivity index (χ3v) is 3.81. The van der Waals surface area contributed by atoms with Crippen LogP contribution in [-0.4, -0.2) is 30.7 Å². The Balaban J connectivity index is 1.89. The van der Waals surface area contributed by atoms with Crippen molar-refractivity contribution in [2.45, 2.75) is 51.8 Å². The van der Waals surface area contributed by atoms with Gasteiger partial charge in [0.05, 0.1) is 17.8 Å². The van der Waals surface area contributed by atoms with E-state index in [9.17, 15) is 9.18 Å². The zero-order valence-corrected chi connectivity index (χ0v) is 12.8. The summed E-state index contributed by atoms with van der Waals surface area (Å²) in [6, 6.07) is 4.44. The maximum atomic E-state index is 13.7. The average Bonchev–Trinajstić information content (AvgIpc) is 2.95. The van der Waals surface area contributed by atoms with Crippen molar-refractivity contribution in [2.75, 3.05) is 11.9 Å². The molecule has 116 valence electrons. The molecule has 0 aliphatic carbocycles. The van der Waals surface area contributed by atoms with Crippen LogP contribution in [0.15, 0.2) is 18.2 Å². The van der Waals surface area contributed by atoms with E-state index in [0.29, 0.717) is 0 Å². The van der Waals surface area contributed by atoms with E-state index in [-0.39, 0.29) is 23.7 Å². The molecular weight excluding hydrogens is 271 g/mol. The van der Waals surface area contributed by atoms with Crippen molar-refractivity contribution in [3.05, 3.63) is 29.6 Å². The summed E-state index contributed by atoms with van der Waals surface area (Å²) in [5.41, 5.74) is 1.03. The molecular formula is C16H23FN2O2. The number of hydrogen-bond donors (Lipinski definition) is 2. The summed E-state index contributed by atoms with van der Waals surface area (Å²) in [6.45, 7) is 6.37. The van der Waals surface area contributed by atoms with Crippen molar-refractivity contribution in [3.8, 4) is 0 Å². The number of benzene rings is 1. The number of halogens is 1. The number of aryl methyl sites for hydroxylation is 1. The fourth-order valence-electron chi connectivity index (χ4n) is 2.54. The molecule has 0 radical (unpaired) electrons. The van der Waals surface area contributed by atoms with E-state index in [0.717, 1.165) is 25.0 Å². The van der Waals surface area contributed by atoms with Crippen LogP contribution in [0.25, 0.3) is 0 Å². The first-order valence-electron chi connectivity index (χ1n) is 7.42. The lowest BCUT2D eigenvalue weighted by Crippen LogP contribution is -2.47. The molecule has 0 saturated carbocycles. The first-order valence-corrected chi connectivity index (χ1v) is 7.42. The molecule has 0 spiro atoms. The highest BCUT2D eigenvalue weighted by Gasteiger charge is 2.25. The molecule has 1 aromatic carbocycles. The lowest BCUT2D eigenvalue weighted by atomic mass is 10.1. The van der Waals surface area contributed by atoms with Crippen LogP contribution in [0.2, 0.25) is 0 Å². The van der Waals surface area contributed by atoms with E-state index in [1.807, 2.05) is 13.8 Å². The maximum absolute atomic E-state index is 13.7. The number of rotatable bonds is 5. The number of anilines is 1. The minimum atomic E-state index is -0.414. The van der Waals surface area contributed by atoms with Crippen molar-refractivity contribution in [1.29, 1.82) is 0 Å². The zero-order valence-electron chi connectivity index (χ0n) is 12.8. The van der Waals surface area contributed by atoms with Gasteiger partial charge in [-0.05, 0) is 51.3 Å². The molecule has 1 heterocycles.